The van der Waals surface area contributed by atoms with Crippen LogP contribution in [0.15, 0.2) is 70.4 Å². The predicted molar refractivity (Wildman–Crippen MR) is 120 cm³/mol. The average molecular weight is 373 g/mol. The normalized spacial score (nSPS) is 17.1. The zero-order valence-electron chi connectivity index (χ0n) is 17.5. The van der Waals surface area contributed by atoms with Crippen LogP contribution in [0.3, 0.4) is 0 Å². The van der Waals surface area contributed by atoms with Crippen LogP contribution in [0, 0.1) is 5.92 Å². The monoisotopic (exact) mass is 372 g/mol. The third kappa shape index (κ3) is 4.52. The van der Waals surface area contributed by atoms with E-state index >= 15 is 0 Å². The summed E-state index contributed by atoms with van der Waals surface area (Å²) in [6.45, 7) is 11.5. The molecule has 0 saturated heterocycles. The highest BCUT2D eigenvalue weighted by molar-refractivity contribution is 6.62. The first-order valence-electron chi connectivity index (χ1n) is 10.3. The van der Waals surface area contributed by atoms with Crippen molar-refractivity contribution in [3.8, 4) is 0 Å². The van der Waals surface area contributed by atoms with Crippen molar-refractivity contribution in [1.29, 1.82) is 0 Å². The molecule has 2 aromatic carbocycles. The summed E-state index contributed by atoms with van der Waals surface area (Å²) in [5.41, 5.74) is 8.94. The van der Waals surface area contributed by atoms with Gasteiger partial charge in [0, 0.05) is 0 Å². The summed E-state index contributed by atoms with van der Waals surface area (Å²) in [6.07, 6.45) is 4.77. The maximum absolute atomic E-state index is 2.37. The molecule has 0 bridgehead atoms. The summed E-state index contributed by atoms with van der Waals surface area (Å²) in [4.78, 5) is 0. The fourth-order valence-corrected chi connectivity index (χ4v) is 5.54. The first kappa shape index (κ1) is 19.9. The van der Waals surface area contributed by atoms with Crippen LogP contribution in [0.4, 0.5) is 0 Å². The maximum atomic E-state index is 2.37. The smallest absolute Gasteiger partial charge is 0.0695 e. The summed E-state index contributed by atoms with van der Waals surface area (Å²) in [5, 5.41) is 3.14. The van der Waals surface area contributed by atoms with E-state index in [0.29, 0.717) is 5.92 Å². The van der Waals surface area contributed by atoms with Gasteiger partial charge in [-0.05, 0) is 68.2 Å². The standard InChI is InChI=1S/C26H32Si/c1-6-7-10-22-13-15-23(16-14-22)17-24-11-8-9-12-25(24)27-26-20(4)18(2)19(3)21(26)5/h8-9,11-16,20H,6-7,10,17H2,1-5H3. The van der Waals surface area contributed by atoms with Gasteiger partial charge in [0.25, 0.3) is 0 Å². The Hall–Kier alpha value is -1.86. The Bertz CT molecular complexity index is 852. The zero-order valence-corrected chi connectivity index (χ0v) is 18.5. The third-order valence-corrected chi connectivity index (χ3v) is 8.00. The molecule has 0 aromatic heterocycles. The van der Waals surface area contributed by atoms with Crippen LogP contribution < -0.4 is 5.19 Å². The van der Waals surface area contributed by atoms with Crippen LogP contribution in [-0.4, -0.2) is 9.52 Å². The number of rotatable bonds is 7. The Labute approximate surface area is 168 Å². The first-order chi connectivity index (χ1) is 13.0. The summed E-state index contributed by atoms with van der Waals surface area (Å²) in [5.74, 6) is 0.592. The van der Waals surface area contributed by atoms with Gasteiger partial charge >= 0.3 is 0 Å². The van der Waals surface area contributed by atoms with Crippen LogP contribution in [0.5, 0.6) is 0 Å². The van der Waals surface area contributed by atoms with Crippen molar-refractivity contribution in [1.82, 2.24) is 0 Å². The Balaban J connectivity index is 1.77. The molecule has 0 amide bonds. The van der Waals surface area contributed by atoms with Gasteiger partial charge in [0.05, 0.1) is 0 Å². The minimum absolute atomic E-state index is 0.592. The summed E-state index contributed by atoms with van der Waals surface area (Å²) in [7, 11) is 0.777. The molecule has 1 atom stereocenters. The fraction of sp³-hybridized carbons (Fsp3) is 0.385. The maximum Gasteiger partial charge on any atom is 0.117 e. The molecule has 0 N–H and O–H groups in total. The van der Waals surface area contributed by atoms with Gasteiger partial charge in [0.1, 0.15) is 9.52 Å². The highest BCUT2D eigenvalue weighted by atomic mass is 28.2. The Kier molecular flexibility index (Phi) is 6.54. The van der Waals surface area contributed by atoms with E-state index in [9.17, 15) is 0 Å². The lowest BCUT2D eigenvalue weighted by atomic mass is 10.0. The Morgan fingerprint density at radius 1 is 0.852 bits per heavy atom. The summed E-state index contributed by atoms with van der Waals surface area (Å²) in [6, 6.07) is 18.3. The molecule has 0 saturated carbocycles. The van der Waals surface area contributed by atoms with Crippen LogP contribution in [-0.2, 0) is 12.8 Å². The number of unbranched alkanes of at least 4 members (excludes halogenated alkanes) is 1. The van der Waals surface area contributed by atoms with Crippen molar-refractivity contribution in [3.05, 3.63) is 87.1 Å². The molecule has 0 aliphatic heterocycles. The van der Waals surface area contributed by atoms with Crippen molar-refractivity contribution >= 4 is 14.7 Å². The fourth-order valence-electron chi connectivity index (χ4n) is 3.93. The van der Waals surface area contributed by atoms with E-state index in [4.69, 9.17) is 0 Å². The topological polar surface area (TPSA) is 0 Å². The molecule has 0 heterocycles. The van der Waals surface area contributed by atoms with E-state index in [0.717, 1.165) is 15.9 Å². The van der Waals surface area contributed by atoms with Crippen LogP contribution in [0.25, 0.3) is 0 Å². The molecule has 3 rings (SSSR count). The van der Waals surface area contributed by atoms with Crippen molar-refractivity contribution in [2.75, 3.05) is 0 Å². The van der Waals surface area contributed by atoms with E-state index in [2.05, 4.69) is 83.1 Å². The molecule has 27 heavy (non-hydrogen) atoms. The van der Waals surface area contributed by atoms with E-state index in [1.54, 1.807) is 10.8 Å². The van der Waals surface area contributed by atoms with Gasteiger partial charge < -0.3 is 0 Å². The van der Waals surface area contributed by atoms with E-state index in [-0.39, 0.29) is 0 Å². The highest BCUT2D eigenvalue weighted by Crippen LogP contribution is 2.35. The largest absolute Gasteiger partial charge is 0.117 e. The Morgan fingerprint density at radius 3 is 2.15 bits per heavy atom. The van der Waals surface area contributed by atoms with Gasteiger partial charge in [-0.1, -0.05) is 90.3 Å². The number of hydrogen-bond acceptors (Lipinski definition) is 0. The van der Waals surface area contributed by atoms with Crippen molar-refractivity contribution in [2.45, 2.75) is 60.3 Å². The molecular weight excluding hydrogens is 340 g/mol. The highest BCUT2D eigenvalue weighted by Gasteiger charge is 2.24. The lowest BCUT2D eigenvalue weighted by Gasteiger charge is -2.15. The van der Waals surface area contributed by atoms with Crippen LogP contribution >= 0.6 is 0 Å². The first-order valence-corrected chi connectivity index (χ1v) is 11.3. The van der Waals surface area contributed by atoms with E-state index < -0.39 is 0 Å². The van der Waals surface area contributed by atoms with E-state index in [1.165, 1.54) is 52.3 Å². The molecule has 1 aliphatic carbocycles. The zero-order chi connectivity index (χ0) is 19.4. The number of benzene rings is 2. The lowest BCUT2D eigenvalue weighted by Crippen LogP contribution is -2.24. The van der Waals surface area contributed by atoms with Crippen molar-refractivity contribution < 1.29 is 0 Å². The quantitative estimate of drug-likeness (QED) is 0.507. The molecule has 2 radical (unpaired) electrons. The second-order valence-corrected chi connectivity index (χ2v) is 9.27. The summed E-state index contributed by atoms with van der Waals surface area (Å²) < 4.78 is 0. The number of allylic oxidation sites excluding steroid dienone is 4. The second-order valence-electron chi connectivity index (χ2n) is 7.95. The van der Waals surface area contributed by atoms with Gasteiger partial charge in [-0.2, -0.15) is 0 Å². The van der Waals surface area contributed by atoms with Crippen LogP contribution in [0.1, 0.15) is 64.2 Å². The second kappa shape index (κ2) is 8.88. The molecule has 0 fully saturated rings. The van der Waals surface area contributed by atoms with Crippen molar-refractivity contribution in [3.63, 3.8) is 0 Å². The SMILES string of the molecule is CCCCc1ccc(Cc2ccccc2[Si]C2=C(C)C(C)=C(C)C2C)cc1. The molecule has 1 heteroatoms. The minimum atomic E-state index is 0.592. The molecule has 0 spiro atoms. The van der Waals surface area contributed by atoms with Gasteiger partial charge in [0.15, 0.2) is 0 Å². The van der Waals surface area contributed by atoms with Crippen LogP contribution in [0.2, 0.25) is 0 Å². The molecule has 2 aromatic rings. The van der Waals surface area contributed by atoms with Gasteiger partial charge in [-0.25, -0.2) is 0 Å². The van der Waals surface area contributed by atoms with E-state index in [1.807, 2.05) is 0 Å². The lowest BCUT2D eigenvalue weighted by molar-refractivity contribution is 0.795. The molecule has 0 nitrogen and oxygen atoms in total. The van der Waals surface area contributed by atoms with Gasteiger partial charge in [-0.3, -0.25) is 0 Å². The number of aryl methyl sites for hydroxylation is 1. The number of hydrogen-bond donors (Lipinski definition) is 0. The predicted octanol–water partition coefficient (Wildman–Crippen LogP) is 6.21. The van der Waals surface area contributed by atoms with Gasteiger partial charge in [-0.15, -0.1) is 0 Å². The average Bonchev–Trinajstić information content (AvgIpc) is 2.87. The minimum Gasteiger partial charge on any atom is -0.0695 e. The Morgan fingerprint density at radius 2 is 1.52 bits per heavy atom. The molecule has 1 aliphatic rings. The van der Waals surface area contributed by atoms with Crippen molar-refractivity contribution in [2.24, 2.45) is 5.92 Å². The molecular formula is C26H32Si. The summed E-state index contributed by atoms with van der Waals surface area (Å²) >= 11 is 0. The molecule has 140 valence electrons. The van der Waals surface area contributed by atoms with Gasteiger partial charge in [0.2, 0.25) is 0 Å². The molecule has 1 unspecified atom stereocenters. The third-order valence-electron chi connectivity index (χ3n) is 6.16.